The summed E-state index contributed by atoms with van der Waals surface area (Å²) in [5.74, 6) is 0. The van der Waals surface area contributed by atoms with Gasteiger partial charge in [-0.1, -0.05) is 149 Å². The number of ether oxygens (including phenoxy) is 4. The average Bonchev–Trinajstić information content (AvgIpc) is 2.92. The normalized spacial score (nSPS) is 14.4. The van der Waals surface area contributed by atoms with Crippen molar-refractivity contribution in [2.45, 2.75) is 125 Å². The van der Waals surface area contributed by atoms with E-state index in [4.69, 9.17) is 18.9 Å². The Hall–Kier alpha value is 1.22. The van der Waals surface area contributed by atoms with Crippen LogP contribution >= 0.6 is 45.2 Å². The van der Waals surface area contributed by atoms with Gasteiger partial charge in [0, 0.05) is 13.2 Å². The van der Waals surface area contributed by atoms with E-state index < -0.39 is 0 Å². The first-order chi connectivity index (χ1) is 20.4. The molecule has 0 aromatic carbocycles. The Bertz CT molecular complexity index is 562. The van der Waals surface area contributed by atoms with Crippen molar-refractivity contribution in [3.63, 3.8) is 0 Å². The number of hydrogen-bond acceptors (Lipinski definition) is 4. The van der Waals surface area contributed by atoms with Crippen LogP contribution in [0.2, 0.25) is 0 Å². The highest BCUT2D eigenvalue weighted by molar-refractivity contribution is 14.1. The fraction of sp³-hybridized carbons (Fsp3) is 1.00. The van der Waals surface area contributed by atoms with Crippen molar-refractivity contribution in [2.75, 3.05) is 95.0 Å². The van der Waals surface area contributed by atoms with E-state index in [9.17, 15) is 0 Å². The monoisotopic (exact) mass is 840 g/mol. The number of unbranched alkanes of at least 4 members (excludes halogenated alkanes) is 14. The van der Waals surface area contributed by atoms with Gasteiger partial charge in [0.25, 0.3) is 0 Å². The molecule has 0 aliphatic rings. The van der Waals surface area contributed by atoms with Gasteiger partial charge in [0.15, 0.2) is 0 Å². The minimum atomic E-state index is -0.378. The fourth-order valence-corrected chi connectivity index (χ4v) is 7.37. The van der Waals surface area contributed by atoms with E-state index in [2.05, 4.69) is 101 Å². The second-order valence-corrected chi connectivity index (χ2v) is 17.0. The van der Waals surface area contributed by atoms with E-state index in [1.54, 1.807) is 0 Å². The molecule has 0 rings (SSSR count). The second kappa shape index (κ2) is 27.2. The molecular formula is C35H74I2N2O4+2. The minimum Gasteiger partial charge on any atom is -0.381 e. The van der Waals surface area contributed by atoms with Gasteiger partial charge in [-0.05, 0) is 12.8 Å². The van der Waals surface area contributed by atoms with Gasteiger partial charge in [-0.3, -0.25) is 0 Å². The molecule has 0 heterocycles. The number of rotatable bonds is 32. The highest BCUT2D eigenvalue weighted by atomic mass is 127. The van der Waals surface area contributed by atoms with E-state index in [0.717, 1.165) is 48.1 Å². The van der Waals surface area contributed by atoms with Crippen LogP contribution < -0.4 is 0 Å². The molecule has 0 radical (unpaired) electrons. The highest BCUT2D eigenvalue weighted by Crippen LogP contribution is 2.39. The number of likely N-dealkylation sites (N-methyl/N-ethyl adjacent to an activating group) is 2. The van der Waals surface area contributed by atoms with Crippen LogP contribution in [0.1, 0.15) is 117 Å². The third-order valence-corrected chi connectivity index (χ3v) is 11.2. The third kappa shape index (κ3) is 25.9. The van der Waals surface area contributed by atoms with Crippen molar-refractivity contribution in [3.05, 3.63) is 0 Å². The van der Waals surface area contributed by atoms with Crippen molar-refractivity contribution in [2.24, 2.45) is 5.41 Å². The third-order valence-electron chi connectivity index (χ3n) is 7.98. The lowest BCUT2D eigenvalue weighted by Gasteiger charge is -2.41. The molecule has 0 aromatic rings. The molecule has 8 heteroatoms. The summed E-state index contributed by atoms with van der Waals surface area (Å²) in [7, 11) is 13.3. The van der Waals surface area contributed by atoms with Gasteiger partial charge in [0.2, 0.25) is 0 Å². The van der Waals surface area contributed by atoms with Crippen LogP contribution in [0.4, 0.5) is 0 Å². The van der Waals surface area contributed by atoms with Gasteiger partial charge in [-0.2, -0.15) is 0 Å². The lowest BCUT2D eigenvalue weighted by atomic mass is 9.92. The Morgan fingerprint density at radius 1 is 0.465 bits per heavy atom. The van der Waals surface area contributed by atoms with Crippen molar-refractivity contribution in [1.82, 2.24) is 0 Å². The zero-order valence-electron chi connectivity index (χ0n) is 29.9. The lowest BCUT2D eigenvalue weighted by molar-refractivity contribution is -0.870. The molecule has 0 saturated heterocycles. The van der Waals surface area contributed by atoms with Crippen molar-refractivity contribution in [1.29, 1.82) is 0 Å². The molecule has 0 amide bonds. The second-order valence-electron chi connectivity index (χ2n) is 14.7. The molecule has 6 nitrogen and oxygen atoms in total. The van der Waals surface area contributed by atoms with Crippen LogP contribution in [0.15, 0.2) is 0 Å². The maximum Gasteiger partial charge on any atom is 0.122 e. The van der Waals surface area contributed by atoms with Crippen molar-refractivity contribution >= 4 is 45.2 Å². The zero-order valence-corrected chi connectivity index (χ0v) is 34.2. The standard InChI is InChI=1S/C35H74I2N2O4/c1-9-11-13-15-17-19-21-23-27-40-31-35(33(36)42-29-25-38(3,4)5,34(37)43-30-26-39(6,7)8)32-41-28-24-22-20-18-16-14-12-10-2/h33-34H,9-32H2,1-8H3/q+2. The molecular weight excluding hydrogens is 766 g/mol. The molecule has 0 fully saturated rings. The summed E-state index contributed by atoms with van der Waals surface area (Å²) < 4.78 is 27.7. The summed E-state index contributed by atoms with van der Waals surface area (Å²) in [6.45, 7) is 10.7. The molecule has 0 saturated carbocycles. The molecule has 2 unspecified atom stereocenters. The molecule has 0 N–H and O–H groups in total. The predicted octanol–water partition coefficient (Wildman–Crippen LogP) is 9.26. The summed E-state index contributed by atoms with van der Waals surface area (Å²) in [4.78, 5) is 0. The van der Waals surface area contributed by atoms with E-state index in [1.165, 1.54) is 89.9 Å². The number of hydrogen-bond donors (Lipinski definition) is 0. The Labute approximate surface area is 296 Å². The Balaban J connectivity index is 5.23. The molecule has 0 aromatic heterocycles. The van der Waals surface area contributed by atoms with E-state index in [0.29, 0.717) is 26.4 Å². The van der Waals surface area contributed by atoms with Crippen LogP contribution in [0, 0.1) is 5.41 Å². The van der Waals surface area contributed by atoms with Gasteiger partial charge in [0.05, 0.1) is 74.1 Å². The Morgan fingerprint density at radius 2 is 0.767 bits per heavy atom. The maximum absolute atomic E-state index is 6.56. The first-order valence-corrected chi connectivity index (χ1v) is 20.1. The van der Waals surface area contributed by atoms with Gasteiger partial charge in [-0.15, -0.1) is 0 Å². The lowest BCUT2D eigenvalue weighted by Crippen LogP contribution is -2.51. The van der Waals surface area contributed by atoms with Crippen LogP contribution in [0.25, 0.3) is 0 Å². The van der Waals surface area contributed by atoms with Gasteiger partial charge >= 0.3 is 0 Å². The Kier molecular flexibility index (Phi) is 28.0. The average molecular weight is 841 g/mol. The first kappa shape index (κ1) is 44.2. The summed E-state index contributed by atoms with van der Waals surface area (Å²) in [6.07, 6.45) is 20.9. The van der Waals surface area contributed by atoms with E-state index >= 15 is 0 Å². The predicted molar refractivity (Wildman–Crippen MR) is 203 cm³/mol. The SMILES string of the molecule is CCCCCCCCCCOCC(COCCCCCCCCCC)(C(I)OCC[N+](C)(C)C)C(I)OCC[N+](C)(C)C. The molecule has 0 bridgehead atoms. The molecule has 43 heavy (non-hydrogen) atoms. The first-order valence-electron chi connectivity index (χ1n) is 17.7. The van der Waals surface area contributed by atoms with Gasteiger partial charge in [-0.25, -0.2) is 0 Å². The smallest absolute Gasteiger partial charge is 0.122 e. The van der Waals surface area contributed by atoms with E-state index in [1.807, 2.05) is 0 Å². The fourth-order valence-electron chi connectivity index (χ4n) is 4.80. The summed E-state index contributed by atoms with van der Waals surface area (Å²) in [6, 6.07) is 0. The quantitative estimate of drug-likeness (QED) is 0.0293. The summed E-state index contributed by atoms with van der Waals surface area (Å²) in [5.41, 5.74) is -0.378. The Morgan fingerprint density at radius 3 is 1.07 bits per heavy atom. The van der Waals surface area contributed by atoms with Crippen molar-refractivity contribution in [3.8, 4) is 0 Å². The van der Waals surface area contributed by atoms with Crippen LogP contribution in [0.3, 0.4) is 0 Å². The molecule has 260 valence electrons. The van der Waals surface area contributed by atoms with Gasteiger partial charge in [0.1, 0.15) is 21.3 Å². The van der Waals surface area contributed by atoms with Crippen LogP contribution in [-0.4, -0.2) is 112 Å². The number of quaternary nitrogens is 2. The number of halogens is 2. The molecule has 0 aliphatic carbocycles. The summed E-state index contributed by atoms with van der Waals surface area (Å²) >= 11 is 4.99. The van der Waals surface area contributed by atoms with E-state index in [-0.39, 0.29) is 13.6 Å². The van der Waals surface area contributed by atoms with Gasteiger partial charge < -0.3 is 27.9 Å². The molecule has 2 atom stereocenters. The van der Waals surface area contributed by atoms with Crippen LogP contribution in [-0.2, 0) is 18.9 Å². The highest BCUT2D eigenvalue weighted by Gasteiger charge is 2.46. The van der Waals surface area contributed by atoms with Crippen LogP contribution in [0.5, 0.6) is 0 Å². The number of nitrogens with zero attached hydrogens (tertiary/aromatic N) is 2. The zero-order chi connectivity index (χ0) is 32.5. The number of alkyl halides is 2. The molecule has 0 spiro atoms. The minimum absolute atomic E-state index is 0.0696. The van der Waals surface area contributed by atoms with Crippen molar-refractivity contribution < 1.29 is 27.9 Å². The topological polar surface area (TPSA) is 36.9 Å². The molecule has 0 aliphatic heterocycles. The summed E-state index contributed by atoms with van der Waals surface area (Å²) in [5, 5.41) is 0. The maximum atomic E-state index is 6.56. The largest absolute Gasteiger partial charge is 0.381 e.